The third-order valence-corrected chi connectivity index (χ3v) is 7.48. The highest BCUT2D eigenvalue weighted by Gasteiger charge is 2.30. The van der Waals surface area contributed by atoms with Gasteiger partial charge >= 0.3 is 0 Å². The average Bonchev–Trinajstić information content (AvgIpc) is 3.48. The lowest BCUT2D eigenvalue weighted by molar-refractivity contribution is 0.0951. The molecule has 0 saturated carbocycles. The molecule has 218 valence electrons. The molecule has 6 nitrogen and oxygen atoms in total. The highest BCUT2D eigenvalue weighted by Crippen LogP contribution is 2.32. The van der Waals surface area contributed by atoms with Crippen molar-refractivity contribution >= 4 is 63.5 Å². The van der Waals surface area contributed by atoms with Crippen LogP contribution in [0.5, 0.6) is 0 Å². The molecule has 0 radical (unpaired) electrons. The lowest BCUT2D eigenvalue weighted by atomic mass is 10.2. The van der Waals surface area contributed by atoms with Crippen molar-refractivity contribution in [1.82, 2.24) is 5.32 Å². The molecular formula is C28H19Cl2F5N4O2S. The summed E-state index contributed by atoms with van der Waals surface area (Å²) in [5.41, 5.74) is 1.04. The van der Waals surface area contributed by atoms with Crippen molar-refractivity contribution in [2.45, 2.75) is 0 Å². The zero-order chi connectivity index (χ0) is 30.1. The lowest BCUT2D eigenvalue weighted by Crippen LogP contribution is -2.47. The van der Waals surface area contributed by atoms with Gasteiger partial charge in [0, 0.05) is 43.1 Å². The maximum atomic E-state index is 14.2. The van der Waals surface area contributed by atoms with Crippen molar-refractivity contribution in [1.29, 1.82) is 0 Å². The summed E-state index contributed by atoms with van der Waals surface area (Å²) in [5.74, 6) is -9.95. The summed E-state index contributed by atoms with van der Waals surface area (Å²) in [6.07, 6.45) is 0. The molecule has 2 N–H and O–H groups in total. The monoisotopic (exact) mass is 640 g/mol. The number of nitrogens with one attached hydrogen (secondary N) is 2. The molecule has 0 atom stereocenters. The van der Waals surface area contributed by atoms with Crippen LogP contribution in [0.25, 0.3) is 11.3 Å². The molecule has 2 heterocycles. The third-order valence-electron chi connectivity index (χ3n) is 6.53. The molecule has 1 fully saturated rings. The summed E-state index contributed by atoms with van der Waals surface area (Å²) in [7, 11) is 0. The molecule has 3 aromatic carbocycles. The second kappa shape index (κ2) is 12.2. The molecule has 4 aromatic rings. The summed E-state index contributed by atoms with van der Waals surface area (Å²) in [6, 6.07) is 15.0. The van der Waals surface area contributed by atoms with Crippen LogP contribution in [0.4, 0.5) is 39.0 Å². The third kappa shape index (κ3) is 6.01. The van der Waals surface area contributed by atoms with Crippen LogP contribution in [0, 0.1) is 29.1 Å². The molecule has 1 aromatic heterocycles. The Morgan fingerprint density at radius 3 is 1.98 bits per heavy atom. The molecule has 42 heavy (non-hydrogen) atoms. The lowest BCUT2D eigenvalue weighted by Gasteiger charge is -2.37. The van der Waals surface area contributed by atoms with Crippen molar-refractivity contribution < 1.29 is 31.2 Å². The smallest absolute Gasteiger partial charge is 0.293 e. The molecule has 0 aliphatic carbocycles. The van der Waals surface area contributed by atoms with Gasteiger partial charge in [-0.2, -0.15) is 0 Å². The highest BCUT2D eigenvalue weighted by molar-refractivity contribution is 7.80. The SMILES string of the molecule is O=C(NC(=S)Nc1ccc(N2CCN(c3c(F)c(F)c(F)c(F)c3F)CC2)cc1)c1ccc(-c2ccc(Cl)c(Cl)c2)o1. The fraction of sp³-hybridized carbons (Fsp3) is 0.143. The molecule has 5 rings (SSSR count). The normalized spacial score (nSPS) is 13.3. The Hall–Kier alpha value is -3.87. The first-order valence-electron chi connectivity index (χ1n) is 12.3. The van der Waals surface area contributed by atoms with Gasteiger partial charge in [0.25, 0.3) is 5.91 Å². The number of rotatable bonds is 5. The summed E-state index contributed by atoms with van der Waals surface area (Å²) in [6.45, 7) is 0.615. The second-order valence-corrected chi connectivity index (χ2v) is 10.4. The molecule has 1 aliphatic heterocycles. The number of anilines is 3. The molecule has 0 bridgehead atoms. The number of carbonyl (C=O) groups is 1. The van der Waals surface area contributed by atoms with Gasteiger partial charge < -0.3 is 19.5 Å². The summed E-state index contributed by atoms with van der Waals surface area (Å²) in [5, 5.41) is 6.19. The largest absolute Gasteiger partial charge is 0.451 e. The van der Waals surface area contributed by atoms with Gasteiger partial charge in [0.15, 0.2) is 34.1 Å². The number of nitrogens with zero attached hydrogens (tertiary/aromatic N) is 2. The number of furan rings is 1. The van der Waals surface area contributed by atoms with Crippen molar-refractivity contribution in [3.8, 4) is 11.3 Å². The van der Waals surface area contributed by atoms with Crippen LogP contribution < -0.4 is 20.4 Å². The minimum atomic E-state index is -2.19. The first kappa shape index (κ1) is 29.6. The summed E-state index contributed by atoms with van der Waals surface area (Å²) >= 11 is 17.2. The quantitative estimate of drug-likeness (QED) is 0.103. The van der Waals surface area contributed by atoms with E-state index in [0.29, 0.717) is 27.1 Å². The molecule has 0 spiro atoms. The van der Waals surface area contributed by atoms with Crippen LogP contribution in [0.15, 0.2) is 59.0 Å². The van der Waals surface area contributed by atoms with Gasteiger partial charge in [-0.1, -0.05) is 23.2 Å². The van der Waals surface area contributed by atoms with Gasteiger partial charge in [-0.15, -0.1) is 0 Å². The van der Waals surface area contributed by atoms with Crippen LogP contribution >= 0.6 is 35.4 Å². The van der Waals surface area contributed by atoms with E-state index in [4.69, 9.17) is 39.8 Å². The molecular weight excluding hydrogens is 622 g/mol. The van der Waals surface area contributed by atoms with E-state index in [1.54, 1.807) is 48.5 Å². The maximum Gasteiger partial charge on any atom is 0.293 e. The van der Waals surface area contributed by atoms with Gasteiger partial charge in [0.2, 0.25) is 5.82 Å². The summed E-state index contributed by atoms with van der Waals surface area (Å²) in [4.78, 5) is 15.6. The van der Waals surface area contributed by atoms with Gasteiger partial charge in [-0.25, -0.2) is 22.0 Å². The van der Waals surface area contributed by atoms with Crippen LogP contribution in [0.2, 0.25) is 10.0 Å². The van der Waals surface area contributed by atoms with Crippen LogP contribution in [0.3, 0.4) is 0 Å². The minimum Gasteiger partial charge on any atom is -0.451 e. The molecule has 1 saturated heterocycles. The standard InChI is InChI=1S/C28H19Cl2F5N4O2S/c29-17-6-1-14(13-18(17)30)19-7-8-20(41-19)27(40)37-28(42)36-15-2-4-16(5-3-15)38-9-11-39(12-10-38)26-24(34)22(32)21(31)23(33)25(26)35/h1-8,13H,9-12H2,(H2,36,37,40,42). The van der Waals surface area contributed by atoms with E-state index in [1.807, 2.05) is 4.90 Å². The maximum absolute atomic E-state index is 14.2. The Kier molecular flexibility index (Phi) is 8.58. The number of benzene rings is 3. The van der Waals surface area contributed by atoms with E-state index >= 15 is 0 Å². The highest BCUT2D eigenvalue weighted by atomic mass is 35.5. The Labute approximate surface area is 251 Å². The Morgan fingerprint density at radius 2 is 1.36 bits per heavy atom. The minimum absolute atomic E-state index is 0.0247. The van der Waals surface area contributed by atoms with Gasteiger partial charge in [-0.3, -0.25) is 10.1 Å². The van der Waals surface area contributed by atoms with E-state index in [0.717, 1.165) is 10.6 Å². The topological polar surface area (TPSA) is 60.8 Å². The van der Waals surface area contributed by atoms with Gasteiger partial charge in [0.05, 0.1) is 10.0 Å². The number of thiocarbonyl (C=S) groups is 1. The molecule has 1 amide bonds. The van der Waals surface area contributed by atoms with E-state index in [-0.39, 0.29) is 37.1 Å². The van der Waals surface area contributed by atoms with Crippen LogP contribution in [0.1, 0.15) is 10.6 Å². The average molecular weight is 641 g/mol. The van der Waals surface area contributed by atoms with E-state index in [9.17, 15) is 26.7 Å². The van der Waals surface area contributed by atoms with Gasteiger partial charge in [-0.05, 0) is 66.8 Å². The Bertz CT molecular complexity index is 1650. The van der Waals surface area contributed by atoms with E-state index in [2.05, 4.69) is 10.6 Å². The number of halogens is 7. The molecule has 14 heteroatoms. The number of amides is 1. The van der Waals surface area contributed by atoms with E-state index in [1.165, 1.54) is 6.07 Å². The van der Waals surface area contributed by atoms with Crippen molar-refractivity contribution in [2.24, 2.45) is 0 Å². The second-order valence-electron chi connectivity index (χ2n) is 9.14. The Morgan fingerprint density at radius 1 is 0.762 bits per heavy atom. The van der Waals surface area contributed by atoms with Crippen molar-refractivity contribution in [3.63, 3.8) is 0 Å². The van der Waals surface area contributed by atoms with Crippen LogP contribution in [-0.4, -0.2) is 37.2 Å². The van der Waals surface area contributed by atoms with Crippen molar-refractivity contribution in [2.75, 3.05) is 41.3 Å². The fourth-order valence-corrected chi connectivity index (χ4v) is 4.91. The zero-order valence-electron chi connectivity index (χ0n) is 21.3. The van der Waals surface area contributed by atoms with Crippen LogP contribution in [-0.2, 0) is 0 Å². The zero-order valence-corrected chi connectivity index (χ0v) is 23.6. The first-order chi connectivity index (χ1) is 20.0. The van der Waals surface area contributed by atoms with E-state index < -0.39 is 40.7 Å². The number of hydrogen-bond acceptors (Lipinski definition) is 5. The molecule has 1 aliphatic rings. The number of piperazine rings is 1. The predicted molar refractivity (Wildman–Crippen MR) is 155 cm³/mol. The first-order valence-corrected chi connectivity index (χ1v) is 13.5. The molecule has 0 unspecified atom stereocenters. The van der Waals surface area contributed by atoms with Gasteiger partial charge in [0.1, 0.15) is 11.4 Å². The predicted octanol–water partition coefficient (Wildman–Crippen LogP) is 7.40. The number of carbonyl (C=O) groups excluding carboxylic acids is 1. The number of hydrogen-bond donors (Lipinski definition) is 2. The van der Waals surface area contributed by atoms with Crippen molar-refractivity contribution in [3.05, 3.63) is 99.5 Å². The Balaban J connectivity index is 1.16. The fourth-order valence-electron chi connectivity index (χ4n) is 4.41. The summed E-state index contributed by atoms with van der Waals surface area (Å²) < 4.78 is 74.6.